The molecule has 4 nitrogen and oxygen atoms in total. The van der Waals surface area contributed by atoms with E-state index in [1.54, 1.807) is 12.1 Å². The normalized spacial score (nSPS) is 12.3. The summed E-state index contributed by atoms with van der Waals surface area (Å²) < 4.78 is 5.31. The van der Waals surface area contributed by atoms with Gasteiger partial charge in [0.2, 0.25) is 5.82 Å². The molecule has 23 heavy (non-hydrogen) atoms. The molecule has 0 radical (unpaired) electrons. The van der Waals surface area contributed by atoms with E-state index in [0.717, 1.165) is 16.1 Å². The van der Waals surface area contributed by atoms with E-state index in [0.29, 0.717) is 23.3 Å². The molecular formula is C17H16Cl2N3O+. The zero-order valence-electron chi connectivity index (χ0n) is 12.5. The Morgan fingerprint density at radius 3 is 2.61 bits per heavy atom. The molecule has 1 atom stereocenters. The minimum absolute atomic E-state index is 0.250. The Morgan fingerprint density at radius 1 is 1.09 bits per heavy atom. The van der Waals surface area contributed by atoms with Gasteiger partial charge in [-0.25, -0.2) is 0 Å². The summed E-state index contributed by atoms with van der Waals surface area (Å²) in [5.41, 5.74) is 2.04. The SMILES string of the molecule is C[C@@H]([NH2+]Cc1nc(-c2ccc(Cl)cc2)no1)c1cccc(Cl)c1. The van der Waals surface area contributed by atoms with Gasteiger partial charge in [-0.1, -0.05) is 40.5 Å². The van der Waals surface area contributed by atoms with Crippen molar-refractivity contribution in [2.24, 2.45) is 0 Å². The number of halogens is 2. The van der Waals surface area contributed by atoms with Crippen molar-refractivity contribution in [1.29, 1.82) is 0 Å². The van der Waals surface area contributed by atoms with Crippen LogP contribution in [-0.2, 0) is 6.54 Å². The van der Waals surface area contributed by atoms with Crippen molar-refractivity contribution in [3.63, 3.8) is 0 Å². The van der Waals surface area contributed by atoms with Gasteiger partial charge in [0.1, 0.15) is 6.04 Å². The maximum Gasteiger partial charge on any atom is 0.282 e. The minimum atomic E-state index is 0.250. The van der Waals surface area contributed by atoms with Crippen LogP contribution in [0.2, 0.25) is 10.0 Å². The molecule has 3 rings (SSSR count). The summed E-state index contributed by atoms with van der Waals surface area (Å²) >= 11 is 11.9. The van der Waals surface area contributed by atoms with Gasteiger partial charge >= 0.3 is 0 Å². The summed E-state index contributed by atoms with van der Waals surface area (Å²) in [6.07, 6.45) is 0. The number of nitrogens with zero attached hydrogens (tertiary/aromatic N) is 2. The second-order valence-electron chi connectivity index (χ2n) is 5.30. The Morgan fingerprint density at radius 2 is 1.87 bits per heavy atom. The van der Waals surface area contributed by atoms with Gasteiger partial charge in [-0.3, -0.25) is 0 Å². The van der Waals surface area contributed by atoms with Crippen molar-refractivity contribution >= 4 is 23.2 Å². The summed E-state index contributed by atoms with van der Waals surface area (Å²) in [4.78, 5) is 4.42. The zero-order chi connectivity index (χ0) is 16.2. The van der Waals surface area contributed by atoms with Gasteiger partial charge in [0.05, 0.1) is 0 Å². The van der Waals surface area contributed by atoms with Gasteiger partial charge in [0.25, 0.3) is 5.89 Å². The summed E-state index contributed by atoms with van der Waals surface area (Å²) in [5.74, 6) is 1.16. The largest absolute Gasteiger partial charge is 0.333 e. The van der Waals surface area contributed by atoms with Crippen molar-refractivity contribution in [3.8, 4) is 11.4 Å². The number of quaternary nitrogens is 1. The standard InChI is InChI=1S/C17H15Cl2N3O/c1-11(13-3-2-4-15(19)9-13)20-10-16-21-17(22-23-16)12-5-7-14(18)8-6-12/h2-9,11,20H,10H2,1H3/p+1/t11-/m1/s1. The summed E-state index contributed by atoms with van der Waals surface area (Å²) in [6, 6.07) is 15.4. The Hall–Kier alpha value is -1.88. The minimum Gasteiger partial charge on any atom is -0.333 e. The highest BCUT2D eigenvalue weighted by Gasteiger charge is 2.13. The van der Waals surface area contributed by atoms with Crippen LogP contribution in [0.15, 0.2) is 53.1 Å². The van der Waals surface area contributed by atoms with Gasteiger partial charge in [0, 0.05) is 21.2 Å². The third-order valence-corrected chi connectivity index (χ3v) is 4.08. The third kappa shape index (κ3) is 4.10. The molecule has 6 heteroatoms. The van der Waals surface area contributed by atoms with E-state index in [1.807, 2.05) is 30.3 Å². The summed E-state index contributed by atoms with van der Waals surface area (Å²) in [7, 11) is 0. The van der Waals surface area contributed by atoms with Gasteiger partial charge in [0.15, 0.2) is 6.54 Å². The van der Waals surface area contributed by atoms with Crippen molar-refractivity contribution in [2.75, 3.05) is 0 Å². The Bertz CT molecular complexity index is 787. The predicted octanol–water partition coefficient (Wildman–Crippen LogP) is 3.87. The lowest BCUT2D eigenvalue weighted by atomic mass is 10.1. The molecule has 0 aliphatic heterocycles. The Labute approximate surface area is 144 Å². The molecule has 0 amide bonds. The lowest BCUT2D eigenvalue weighted by Gasteiger charge is -2.09. The first-order chi connectivity index (χ1) is 11.1. The number of hydrogen-bond acceptors (Lipinski definition) is 3. The monoisotopic (exact) mass is 348 g/mol. The van der Waals surface area contributed by atoms with Crippen molar-refractivity contribution in [3.05, 3.63) is 70.0 Å². The molecule has 2 N–H and O–H groups in total. The molecule has 0 aliphatic rings. The molecule has 3 aromatic rings. The quantitative estimate of drug-likeness (QED) is 0.761. The van der Waals surface area contributed by atoms with Gasteiger partial charge in [-0.15, -0.1) is 0 Å². The lowest BCUT2D eigenvalue weighted by Crippen LogP contribution is -2.83. The molecule has 0 saturated heterocycles. The first kappa shape index (κ1) is 16.0. The molecule has 0 aliphatic carbocycles. The van der Waals surface area contributed by atoms with Crippen molar-refractivity contribution in [1.82, 2.24) is 10.1 Å². The average Bonchev–Trinajstić information content (AvgIpc) is 3.02. The fourth-order valence-electron chi connectivity index (χ4n) is 2.26. The Balaban J connectivity index is 1.64. The molecule has 118 valence electrons. The molecular weight excluding hydrogens is 333 g/mol. The molecule has 0 fully saturated rings. The maximum absolute atomic E-state index is 6.02. The van der Waals surface area contributed by atoms with Gasteiger partial charge in [-0.05, 0) is 43.3 Å². The molecule has 0 bridgehead atoms. The van der Waals surface area contributed by atoms with E-state index in [4.69, 9.17) is 27.7 Å². The predicted molar refractivity (Wildman–Crippen MR) is 90.2 cm³/mol. The smallest absolute Gasteiger partial charge is 0.282 e. The first-order valence-electron chi connectivity index (χ1n) is 7.29. The molecule has 2 aromatic carbocycles. The summed E-state index contributed by atoms with van der Waals surface area (Å²) in [5, 5.41) is 7.56. The van der Waals surface area contributed by atoms with E-state index in [-0.39, 0.29) is 6.04 Å². The van der Waals surface area contributed by atoms with Crippen LogP contribution in [0, 0.1) is 0 Å². The van der Waals surface area contributed by atoms with Gasteiger partial charge in [-0.2, -0.15) is 4.98 Å². The number of rotatable bonds is 5. The van der Waals surface area contributed by atoms with E-state index in [1.165, 1.54) is 0 Å². The van der Waals surface area contributed by atoms with Crippen LogP contribution in [-0.4, -0.2) is 10.1 Å². The highest BCUT2D eigenvalue weighted by molar-refractivity contribution is 6.30. The second-order valence-corrected chi connectivity index (χ2v) is 6.17. The van der Waals surface area contributed by atoms with E-state index in [2.05, 4.69) is 28.4 Å². The zero-order valence-corrected chi connectivity index (χ0v) is 14.1. The average molecular weight is 349 g/mol. The van der Waals surface area contributed by atoms with Crippen LogP contribution >= 0.6 is 23.2 Å². The first-order valence-corrected chi connectivity index (χ1v) is 8.05. The van der Waals surface area contributed by atoms with Crippen LogP contribution in [0.1, 0.15) is 24.4 Å². The van der Waals surface area contributed by atoms with Crippen LogP contribution in [0.25, 0.3) is 11.4 Å². The number of benzene rings is 2. The number of hydrogen-bond donors (Lipinski definition) is 1. The van der Waals surface area contributed by atoms with Crippen LogP contribution in [0.3, 0.4) is 0 Å². The van der Waals surface area contributed by atoms with Crippen LogP contribution in [0.5, 0.6) is 0 Å². The summed E-state index contributed by atoms with van der Waals surface area (Å²) in [6.45, 7) is 2.72. The van der Waals surface area contributed by atoms with Crippen molar-refractivity contribution in [2.45, 2.75) is 19.5 Å². The maximum atomic E-state index is 6.02. The van der Waals surface area contributed by atoms with E-state index >= 15 is 0 Å². The lowest BCUT2D eigenvalue weighted by molar-refractivity contribution is -0.710. The highest BCUT2D eigenvalue weighted by atomic mass is 35.5. The number of nitrogens with two attached hydrogens (primary N) is 1. The fourth-order valence-corrected chi connectivity index (χ4v) is 2.58. The third-order valence-electron chi connectivity index (χ3n) is 3.59. The number of aromatic nitrogens is 2. The second kappa shape index (κ2) is 7.13. The van der Waals surface area contributed by atoms with Crippen LogP contribution in [0.4, 0.5) is 0 Å². The fraction of sp³-hybridized carbons (Fsp3) is 0.176. The molecule has 1 aromatic heterocycles. The van der Waals surface area contributed by atoms with Crippen molar-refractivity contribution < 1.29 is 9.84 Å². The van der Waals surface area contributed by atoms with E-state index < -0.39 is 0 Å². The molecule has 1 heterocycles. The Kier molecular flexibility index (Phi) is 4.96. The van der Waals surface area contributed by atoms with Gasteiger partial charge < -0.3 is 9.84 Å². The molecule has 0 unspecified atom stereocenters. The topological polar surface area (TPSA) is 55.5 Å². The molecule has 0 saturated carbocycles. The molecule has 0 spiro atoms. The highest BCUT2D eigenvalue weighted by Crippen LogP contribution is 2.18. The van der Waals surface area contributed by atoms with E-state index in [9.17, 15) is 0 Å². The van der Waals surface area contributed by atoms with Crippen LogP contribution < -0.4 is 5.32 Å².